The number of fused-ring (bicyclic) bond motifs is 1. The molecule has 0 aliphatic rings. The third-order valence-corrected chi connectivity index (χ3v) is 5.89. The molecule has 5 aromatic rings. The van der Waals surface area contributed by atoms with Crippen LogP contribution in [-0.4, -0.2) is 18.0 Å². The van der Waals surface area contributed by atoms with Crippen molar-refractivity contribution in [3.05, 3.63) is 109 Å². The normalized spacial score (nSPS) is 11.4. The number of carbonyl (C=O) groups is 1. The minimum Gasteiger partial charge on any atom is -0.496 e. The highest BCUT2D eigenvalue weighted by Crippen LogP contribution is 2.38. The fourth-order valence-corrected chi connectivity index (χ4v) is 4.10. The number of hydrogen-bond donors (Lipinski definition) is 1. The van der Waals surface area contributed by atoms with Crippen LogP contribution in [-0.2, 0) is 4.79 Å². The summed E-state index contributed by atoms with van der Waals surface area (Å²) in [6.07, 6.45) is 4.95. The lowest BCUT2D eigenvalue weighted by Gasteiger charge is -2.10. The van der Waals surface area contributed by atoms with E-state index in [-0.39, 0.29) is 5.91 Å². The van der Waals surface area contributed by atoms with Crippen LogP contribution in [0.25, 0.3) is 38.8 Å². The second kappa shape index (κ2) is 9.69. The van der Waals surface area contributed by atoms with E-state index in [0.717, 1.165) is 38.8 Å². The molecule has 0 unspecified atom stereocenters. The highest BCUT2D eigenvalue weighted by atomic mass is 16.5. The van der Waals surface area contributed by atoms with Crippen molar-refractivity contribution in [2.45, 2.75) is 6.92 Å². The van der Waals surface area contributed by atoms with Gasteiger partial charge in [0.15, 0.2) is 0 Å². The van der Waals surface area contributed by atoms with Crippen molar-refractivity contribution in [3.8, 4) is 28.0 Å². The van der Waals surface area contributed by atoms with Gasteiger partial charge in [-0.15, -0.1) is 0 Å². The minimum atomic E-state index is -0.257. The number of rotatable bonds is 6. The first-order valence-corrected chi connectivity index (χ1v) is 11.3. The van der Waals surface area contributed by atoms with E-state index in [9.17, 15) is 4.79 Å². The Bertz CT molecular complexity index is 1500. The fourth-order valence-electron chi connectivity index (χ4n) is 4.10. The Hall–Kier alpha value is -4.64. The molecule has 0 radical (unpaired) electrons. The van der Waals surface area contributed by atoms with E-state index in [1.807, 2.05) is 43.3 Å². The summed E-state index contributed by atoms with van der Waals surface area (Å²) < 4.78 is 11.5. The largest absolute Gasteiger partial charge is 0.496 e. The monoisotopic (exact) mass is 460 g/mol. The molecule has 5 rings (SSSR count). The Labute approximate surface area is 203 Å². The number of hydrogen-bond acceptors (Lipinski definition) is 4. The zero-order chi connectivity index (χ0) is 24.2. The second-order valence-electron chi connectivity index (χ2n) is 8.17. The molecule has 0 atom stereocenters. The van der Waals surface area contributed by atoms with E-state index in [2.05, 4.69) is 46.7 Å². The number of allylic oxidation sites excluding steroid dienone is 1. The third kappa shape index (κ3) is 4.70. The molecule has 2 heterocycles. The zero-order valence-electron chi connectivity index (χ0n) is 19.5. The summed E-state index contributed by atoms with van der Waals surface area (Å²) in [6, 6.07) is 27.9. The molecule has 0 saturated heterocycles. The van der Waals surface area contributed by atoms with E-state index in [0.29, 0.717) is 11.6 Å². The zero-order valence-corrected chi connectivity index (χ0v) is 19.5. The number of methoxy groups -OCH3 is 1. The molecule has 0 spiro atoms. The van der Waals surface area contributed by atoms with E-state index in [4.69, 9.17) is 9.15 Å². The molecule has 0 aliphatic carbocycles. The topological polar surface area (TPSA) is 64.4 Å². The molecule has 1 N–H and O–H groups in total. The maximum atomic E-state index is 12.6. The van der Waals surface area contributed by atoms with Crippen LogP contribution in [0.1, 0.15) is 12.5 Å². The van der Waals surface area contributed by atoms with Crippen LogP contribution in [0.3, 0.4) is 0 Å². The van der Waals surface area contributed by atoms with E-state index in [1.165, 1.54) is 5.56 Å². The van der Waals surface area contributed by atoms with Crippen molar-refractivity contribution in [2.75, 3.05) is 12.4 Å². The molecule has 0 aliphatic heterocycles. The first-order chi connectivity index (χ1) is 17.1. The minimum absolute atomic E-state index is 0.257. The van der Waals surface area contributed by atoms with Crippen LogP contribution in [0.2, 0.25) is 0 Å². The highest BCUT2D eigenvalue weighted by molar-refractivity contribution is 6.05. The summed E-state index contributed by atoms with van der Waals surface area (Å²) >= 11 is 0. The van der Waals surface area contributed by atoms with Gasteiger partial charge in [0.05, 0.1) is 13.4 Å². The average molecular weight is 461 g/mol. The number of pyridine rings is 1. The number of carbonyl (C=O) groups excluding carboxylic acids is 1. The van der Waals surface area contributed by atoms with Gasteiger partial charge in [-0.05, 0) is 47.4 Å². The predicted molar refractivity (Wildman–Crippen MR) is 140 cm³/mol. The summed E-state index contributed by atoms with van der Waals surface area (Å²) in [5.74, 6) is 0.879. The molecule has 35 heavy (non-hydrogen) atoms. The number of nitrogens with one attached hydrogen (secondary N) is 1. The second-order valence-corrected chi connectivity index (χ2v) is 8.17. The van der Waals surface area contributed by atoms with Crippen molar-refractivity contribution in [2.24, 2.45) is 0 Å². The van der Waals surface area contributed by atoms with Gasteiger partial charge in [0.1, 0.15) is 17.2 Å². The van der Waals surface area contributed by atoms with Gasteiger partial charge in [0.2, 0.25) is 5.91 Å². The Morgan fingerprint density at radius 2 is 1.63 bits per heavy atom. The predicted octanol–water partition coefficient (Wildman–Crippen LogP) is 7.21. The van der Waals surface area contributed by atoms with Gasteiger partial charge in [-0.3, -0.25) is 4.79 Å². The third-order valence-electron chi connectivity index (χ3n) is 5.89. The van der Waals surface area contributed by atoms with Crippen molar-refractivity contribution in [1.82, 2.24) is 4.98 Å². The summed E-state index contributed by atoms with van der Waals surface area (Å²) in [6.45, 7) is 1.89. The maximum absolute atomic E-state index is 12.6. The molecule has 0 bridgehead atoms. The van der Waals surface area contributed by atoms with Crippen LogP contribution in [0.15, 0.2) is 108 Å². The summed E-state index contributed by atoms with van der Waals surface area (Å²) in [5.41, 5.74) is 6.67. The molecule has 5 nitrogen and oxygen atoms in total. The number of benzene rings is 3. The lowest BCUT2D eigenvalue weighted by molar-refractivity contribution is -0.111. The highest BCUT2D eigenvalue weighted by Gasteiger charge is 2.15. The Balaban J connectivity index is 1.48. The number of aromatic nitrogens is 1. The summed E-state index contributed by atoms with van der Waals surface area (Å²) in [7, 11) is 1.61. The van der Waals surface area contributed by atoms with Gasteiger partial charge in [-0.2, -0.15) is 0 Å². The van der Waals surface area contributed by atoms with Crippen LogP contribution < -0.4 is 10.1 Å². The molecule has 0 saturated carbocycles. The summed E-state index contributed by atoms with van der Waals surface area (Å²) in [5, 5.41) is 3.73. The van der Waals surface area contributed by atoms with Crippen LogP contribution in [0.4, 0.5) is 5.82 Å². The Kier molecular flexibility index (Phi) is 6.14. The number of nitrogens with zero attached hydrogens (tertiary/aromatic N) is 1. The molecule has 1 amide bonds. The standard InChI is InChI=1S/C30H24N2O3/c1-20(16-30(33)32-29-10-6-7-15-31-29)24-17-25-26(19-35-28(25)18-27(24)34-2)23-13-11-22(12-14-23)21-8-4-3-5-9-21/h3-19H,1-2H3,(H,31,32,33)/b20-16+. The quantitative estimate of drug-likeness (QED) is 0.272. The van der Waals surface area contributed by atoms with Gasteiger partial charge in [0, 0.05) is 34.9 Å². The van der Waals surface area contributed by atoms with Crippen LogP contribution in [0, 0.1) is 0 Å². The van der Waals surface area contributed by atoms with Crippen molar-refractivity contribution in [1.29, 1.82) is 0 Å². The molecule has 5 heteroatoms. The summed E-state index contributed by atoms with van der Waals surface area (Å²) in [4.78, 5) is 16.7. The molecule has 172 valence electrons. The lowest BCUT2D eigenvalue weighted by Crippen LogP contribution is -2.09. The molecule has 3 aromatic carbocycles. The fraction of sp³-hybridized carbons (Fsp3) is 0.0667. The average Bonchev–Trinajstić information content (AvgIpc) is 3.32. The van der Waals surface area contributed by atoms with Gasteiger partial charge in [-0.1, -0.05) is 60.7 Å². The van der Waals surface area contributed by atoms with Gasteiger partial charge >= 0.3 is 0 Å². The van der Waals surface area contributed by atoms with Crippen molar-refractivity contribution >= 4 is 28.3 Å². The first kappa shape index (κ1) is 22.2. The number of anilines is 1. The smallest absolute Gasteiger partial charge is 0.249 e. The van der Waals surface area contributed by atoms with E-state index in [1.54, 1.807) is 37.8 Å². The van der Waals surface area contributed by atoms with Gasteiger partial charge in [-0.25, -0.2) is 4.98 Å². The first-order valence-electron chi connectivity index (χ1n) is 11.3. The maximum Gasteiger partial charge on any atom is 0.249 e. The molecule has 2 aromatic heterocycles. The van der Waals surface area contributed by atoms with Crippen LogP contribution >= 0.6 is 0 Å². The SMILES string of the molecule is COc1cc2occ(-c3ccc(-c4ccccc4)cc3)c2cc1/C(C)=C/C(=O)Nc1ccccn1. The Morgan fingerprint density at radius 1 is 0.914 bits per heavy atom. The van der Waals surface area contributed by atoms with Crippen molar-refractivity contribution < 1.29 is 13.9 Å². The van der Waals surface area contributed by atoms with Crippen LogP contribution in [0.5, 0.6) is 5.75 Å². The number of ether oxygens (including phenoxy) is 1. The van der Waals surface area contributed by atoms with E-state index >= 15 is 0 Å². The Morgan fingerprint density at radius 3 is 2.34 bits per heavy atom. The number of amides is 1. The van der Waals surface area contributed by atoms with Gasteiger partial charge in [0.25, 0.3) is 0 Å². The number of furan rings is 1. The molecule has 0 fully saturated rings. The van der Waals surface area contributed by atoms with Gasteiger partial charge < -0.3 is 14.5 Å². The lowest BCUT2D eigenvalue weighted by atomic mass is 9.97. The molecular formula is C30H24N2O3. The van der Waals surface area contributed by atoms with E-state index < -0.39 is 0 Å². The van der Waals surface area contributed by atoms with Crippen molar-refractivity contribution in [3.63, 3.8) is 0 Å². The molecular weight excluding hydrogens is 436 g/mol.